The monoisotopic (exact) mass is 449 g/mol. The molecule has 2 atom stereocenters. The average molecular weight is 450 g/mol. The first kappa shape index (κ1) is 20.4. The summed E-state index contributed by atoms with van der Waals surface area (Å²) in [5.74, 6) is 0.102. The minimum absolute atomic E-state index is 0.0656. The van der Waals surface area contributed by atoms with Gasteiger partial charge in [0.2, 0.25) is 5.88 Å². The normalized spacial score (nSPS) is 20.5. The molecule has 31 heavy (non-hydrogen) atoms. The number of fused-ring (bicyclic) bond motifs is 3. The topological polar surface area (TPSA) is 121 Å². The van der Waals surface area contributed by atoms with Crippen LogP contribution in [0.4, 0.5) is 14.9 Å². The molecule has 3 aliphatic rings. The van der Waals surface area contributed by atoms with Gasteiger partial charge in [0.1, 0.15) is 16.8 Å². The molecule has 2 aliphatic carbocycles. The maximum Gasteiger partial charge on any atom is 0.354 e. The van der Waals surface area contributed by atoms with Crippen LogP contribution in [0.5, 0.6) is 5.88 Å². The van der Waals surface area contributed by atoms with E-state index in [1.807, 2.05) is 0 Å². The van der Waals surface area contributed by atoms with Gasteiger partial charge in [0.05, 0.1) is 19.3 Å². The number of halogens is 1. The number of benzene rings is 1. The summed E-state index contributed by atoms with van der Waals surface area (Å²) in [7, 11) is -2.04. The Hall–Kier alpha value is -2.50. The van der Waals surface area contributed by atoms with Crippen LogP contribution >= 0.6 is 0 Å². The van der Waals surface area contributed by atoms with Gasteiger partial charge in [0, 0.05) is 12.8 Å². The minimum atomic E-state index is -3.60. The van der Waals surface area contributed by atoms with Crippen LogP contribution < -0.4 is 15.2 Å². The van der Waals surface area contributed by atoms with Crippen LogP contribution in [0.2, 0.25) is 0 Å². The van der Waals surface area contributed by atoms with Gasteiger partial charge in [-0.1, -0.05) is 0 Å². The molecule has 1 aromatic carbocycles. The lowest BCUT2D eigenvalue weighted by molar-refractivity contribution is 0.0920. The van der Waals surface area contributed by atoms with E-state index in [0.717, 1.165) is 24.0 Å². The number of nitrogens with two attached hydrogens (primary N) is 1. The third-order valence-electron chi connectivity index (χ3n) is 6.10. The Morgan fingerprint density at radius 1 is 1.32 bits per heavy atom. The number of carbonyl (C=O) groups is 1. The number of aromatic nitrogens is 2. The van der Waals surface area contributed by atoms with Crippen LogP contribution in [0, 0.1) is 5.82 Å². The molecule has 166 valence electrons. The number of hydrogen-bond acceptors (Lipinski definition) is 5. The number of rotatable bonds is 4. The van der Waals surface area contributed by atoms with Gasteiger partial charge in [-0.15, -0.1) is 4.36 Å². The smallest absolute Gasteiger partial charge is 0.354 e. The number of amides is 2. The number of nitrogens with one attached hydrogen (secondary N) is 1. The maximum atomic E-state index is 14.8. The Labute approximate surface area is 179 Å². The first-order chi connectivity index (χ1) is 14.9. The number of anilines is 1. The predicted octanol–water partition coefficient (Wildman–Crippen LogP) is 2.34. The third-order valence-corrected chi connectivity index (χ3v) is 7.45. The fraction of sp³-hybridized carbons (Fsp3) is 0.500. The number of urea groups is 1. The Bertz CT molecular complexity index is 1170. The second kappa shape index (κ2) is 7.57. The molecule has 11 heteroatoms. The van der Waals surface area contributed by atoms with E-state index in [1.165, 1.54) is 10.9 Å². The van der Waals surface area contributed by atoms with Crippen molar-refractivity contribution in [3.63, 3.8) is 0 Å². The molecule has 1 aromatic heterocycles. The second-order valence-electron chi connectivity index (χ2n) is 8.09. The van der Waals surface area contributed by atoms with Gasteiger partial charge in [-0.25, -0.2) is 23.2 Å². The van der Waals surface area contributed by atoms with Crippen LogP contribution in [-0.2, 0) is 46.9 Å². The summed E-state index contributed by atoms with van der Waals surface area (Å²) < 4.78 is 44.0. The molecule has 2 amide bonds. The summed E-state index contributed by atoms with van der Waals surface area (Å²) in [6, 6.07) is -0.825. The largest absolute Gasteiger partial charge is 0.469 e. The van der Waals surface area contributed by atoms with E-state index < -0.39 is 15.9 Å². The van der Waals surface area contributed by atoms with E-state index in [2.05, 4.69) is 14.8 Å². The predicted molar refractivity (Wildman–Crippen MR) is 111 cm³/mol. The lowest BCUT2D eigenvalue weighted by Gasteiger charge is -2.16. The van der Waals surface area contributed by atoms with Crippen molar-refractivity contribution in [3.8, 4) is 5.88 Å². The van der Waals surface area contributed by atoms with Crippen molar-refractivity contribution in [1.29, 1.82) is 0 Å². The van der Waals surface area contributed by atoms with Crippen LogP contribution in [0.25, 0.3) is 0 Å². The van der Waals surface area contributed by atoms with Gasteiger partial charge < -0.3 is 14.8 Å². The summed E-state index contributed by atoms with van der Waals surface area (Å²) >= 11 is 0. The Kier molecular flexibility index (Phi) is 4.98. The highest BCUT2D eigenvalue weighted by molar-refractivity contribution is 7.91. The molecular weight excluding hydrogens is 425 g/mol. The molecule has 0 saturated heterocycles. The Balaban J connectivity index is 1.45. The standard InChI is InChI=1S/C20H24FN5O4S/c1-29-10-11-9-26-19(30-11)16(8-23-26)31(22,28)25-20(27)24-18-14-6-2-4-12(14)17(21)13-5-3-7-15(13)18/h8,11H,2-7,9-10H2,1H3,(H3,22,24,25,27,28)/t11-,31+/m0/s1. The van der Waals surface area contributed by atoms with E-state index >= 15 is 0 Å². The zero-order valence-electron chi connectivity index (χ0n) is 17.1. The minimum Gasteiger partial charge on any atom is -0.469 e. The fourth-order valence-electron chi connectivity index (χ4n) is 4.81. The molecule has 0 spiro atoms. The van der Waals surface area contributed by atoms with Gasteiger partial charge in [-0.05, 0) is 60.8 Å². The Morgan fingerprint density at radius 2 is 1.97 bits per heavy atom. The lowest BCUT2D eigenvalue weighted by Crippen LogP contribution is -2.22. The van der Waals surface area contributed by atoms with E-state index in [4.69, 9.17) is 14.6 Å². The van der Waals surface area contributed by atoms with Gasteiger partial charge in [0.25, 0.3) is 0 Å². The summed E-state index contributed by atoms with van der Waals surface area (Å²) in [6.07, 6.45) is 5.41. The van der Waals surface area contributed by atoms with Crippen molar-refractivity contribution >= 4 is 21.6 Å². The number of carbonyl (C=O) groups excluding carboxylic acids is 1. The zero-order chi connectivity index (χ0) is 21.8. The maximum absolute atomic E-state index is 14.8. The summed E-state index contributed by atoms with van der Waals surface area (Å²) in [6.45, 7) is 0.770. The van der Waals surface area contributed by atoms with Gasteiger partial charge in [-0.2, -0.15) is 5.10 Å². The second-order valence-corrected chi connectivity index (χ2v) is 9.85. The van der Waals surface area contributed by atoms with E-state index in [-0.39, 0.29) is 22.7 Å². The number of hydrogen-bond donors (Lipinski definition) is 2. The van der Waals surface area contributed by atoms with Crippen molar-refractivity contribution in [1.82, 2.24) is 9.78 Å². The van der Waals surface area contributed by atoms with Crippen LogP contribution in [0.1, 0.15) is 35.1 Å². The van der Waals surface area contributed by atoms with E-state index in [1.54, 1.807) is 7.11 Å². The number of methoxy groups -OCH3 is 1. The van der Waals surface area contributed by atoms with Gasteiger partial charge in [-0.3, -0.25) is 0 Å². The van der Waals surface area contributed by atoms with Crippen LogP contribution in [0.3, 0.4) is 0 Å². The van der Waals surface area contributed by atoms with Crippen molar-refractivity contribution in [2.75, 3.05) is 19.0 Å². The highest BCUT2D eigenvalue weighted by Gasteiger charge is 2.32. The first-order valence-corrected chi connectivity index (χ1v) is 11.9. The molecular formula is C20H24FN5O4S. The van der Waals surface area contributed by atoms with Crippen LogP contribution in [0.15, 0.2) is 15.5 Å². The third kappa shape index (κ3) is 3.40. The highest BCUT2D eigenvalue weighted by Crippen LogP contribution is 2.41. The molecule has 0 unspecified atom stereocenters. The summed E-state index contributed by atoms with van der Waals surface area (Å²) in [4.78, 5) is 12.8. The van der Waals surface area contributed by atoms with Crippen molar-refractivity contribution < 1.29 is 22.9 Å². The molecule has 0 bridgehead atoms. The van der Waals surface area contributed by atoms with Crippen molar-refractivity contribution in [3.05, 3.63) is 34.3 Å². The van der Waals surface area contributed by atoms with Crippen molar-refractivity contribution in [2.45, 2.75) is 56.1 Å². The highest BCUT2D eigenvalue weighted by atomic mass is 32.2. The number of ether oxygens (including phenoxy) is 2. The van der Waals surface area contributed by atoms with E-state index in [9.17, 15) is 13.4 Å². The Morgan fingerprint density at radius 3 is 2.61 bits per heavy atom. The van der Waals surface area contributed by atoms with Crippen LogP contribution in [-0.4, -0.2) is 39.8 Å². The lowest BCUT2D eigenvalue weighted by atomic mass is 9.98. The average Bonchev–Trinajstić information content (AvgIpc) is 3.47. The molecule has 5 rings (SSSR count). The molecule has 0 radical (unpaired) electrons. The molecule has 1 aliphatic heterocycles. The summed E-state index contributed by atoms with van der Waals surface area (Å²) in [5.41, 5.74) is 3.61. The fourth-order valence-corrected chi connectivity index (χ4v) is 5.80. The zero-order valence-corrected chi connectivity index (χ0v) is 18.0. The molecule has 2 heterocycles. The van der Waals surface area contributed by atoms with E-state index in [0.29, 0.717) is 55.6 Å². The first-order valence-electron chi connectivity index (χ1n) is 10.3. The quantitative estimate of drug-likeness (QED) is 0.742. The SMILES string of the molecule is COC[C@@H]1Cn2ncc([S@](N)(=O)=NC(=O)Nc3c4c(c(F)c5c3CCC5)CCC4)c2O1. The summed E-state index contributed by atoms with van der Waals surface area (Å²) in [5, 5.41) is 12.9. The van der Waals surface area contributed by atoms with Crippen molar-refractivity contribution in [2.24, 2.45) is 9.50 Å². The molecule has 2 aromatic rings. The molecule has 0 fully saturated rings. The van der Waals surface area contributed by atoms with Gasteiger partial charge in [0.15, 0.2) is 9.92 Å². The van der Waals surface area contributed by atoms with Gasteiger partial charge >= 0.3 is 6.03 Å². The molecule has 9 nitrogen and oxygen atoms in total. The number of nitrogens with zero attached hydrogens (tertiary/aromatic N) is 3. The molecule has 0 saturated carbocycles. The molecule has 3 N–H and O–H groups in total.